The molecule has 3 aromatic rings. The summed E-state index contributed by atoms with van der Waals surface area (Å²) in [5.41, 5.74) is -6.93. The van der Waals surface area contributed by atoms with Gasteiger partial charge in [0.2, 0.25) is 11.4 Å². The number of aromatic nitrogens is 1. The van der Waals surface area contributed by atoms with Gasteiger partial charge in [0.1, 0.15) is 5.75 Å². The van der Waals surface area contributed by atoms with Crippen molar-refractivity contribution in [1.29, 1.82) is 0 Å². The summed E-state index contributed by atoms with van der Waals surface area (Å²) in [5, 5.41) is 1.56. The fraction of sp³-hybridized carbons (Fsp3) is 0.310. The number of pyridine rings is 1. The summed E-state index contributed by atoms with van der Waals surface area (Å²) in [4.78, 5) is 17.4. The maximum absolute atomic E-state index is 16.7. The predicted molar refractivity (Wildman–Crippen MR) is 137 cm³/mol. The van der Waals surface area contributed by atoms with Gasteiger partial charge in [-0.05, 0) is 42.7 Å². The molecule has 1 atom stereocenters. The van der Waals surface area contributed by atoms with Crippen LogP contribution in [0.5, 0.6) is 11.6 Å². The highest BCUT2D eigenvalue weighted by molar-refractivity contribution is 6.29. The first-order valence-electron chi connectivity index (χ1n) is 12.5. The van der Waals surface area contributed by atoms with E-state index in [1.807, 2.05) is 0 Å². The van der Waals surface area contributed by atoms with Gasteiger partial charge in [-0.1, -0.05) is 42.0 Å². The highest BCUT2D eigenvalue weighted by Crippen LogP contribution is 2.58. The molecule has 1 amide bonds. The topological polar surface area (TPSA) is 60.5 Å². The number of carbonyl (C=O) groups is 1. The lowest BCUT2D eigenvalue weighted by Gasteiger charge is -2.47. The van der Waals surface area contributed by atoms with Crippen LogP contribution in [0.25, 0.3) is 11.1 Å². The maximum atomic E-state index is 16.7. The fourth-order valence-electron chi connectivity index (χ4n) is 4.67. The number of aryl methyl sites for hydroxylation is 1. The van der Waals surface area contributed by atoms with Crippen LogP contribution in [0.4, 0.5) is 35.1 Å². The van der Waals surface area contributed by atoms with Gasteiger partial charge >= 0.3 is 18.3 Å². The lowest BCUT2D eigenvalue weighted by Crippen LogP contribution is -2.68. The minimum absolute atomic E-state index is 0.0876. The number of carbonyl (C=O) groups excluding carboxylic acids is 1. The van der Waals surface area contributed by atoms with Crippen LogP contribution >= 0.6 is 0 Å². The number of hydrogen-bond donors (Lipinski definition) is 1. The molecule has 5 nitrogen and oxygen atoms in total. The molecule has 0 spiro atoms. The van der Waals surface area contributed by atoms with Crippen molar-refractivity contribution in [3.8, 4) is 11.6 Å². The summed E-state index contributed by atoms with van der Waals surface area (Å²) >= 11 is 0. The number of methoxy groups -OCH3 is 1. The van der Waals surface area contributed by atoms with E-state index in [9.17, 15) is 31.1 Å². The zero-order valence-corrected chi connectivity index (χ0v) is 22.2. The van der Waals surface area contributed by atoms with Crippen molar-refractivity contribution in [1.82, 2.24) is 10.3 Å². The second kappa shape index (κ2) is 11.3. The van der Waals surface area contributed by atoms with Gasteiger partial charge < -0.3 is 14.8 Å². The highest BCUT2D eigenvalue weighted by atomic mass is 19.4. The number of ether oxygens (including phenoxy) is 2. The molecule has 0 aliphatic carbocycles. The highest BCUT2D eigenvalue weighted by Gasteiger charge is 2.75. The number of nitrogens with one attached hydrogen (secondary N) is 1. The average molecular weight is 601 g/mol. The van der Waals surface area contributed by atoms with Crippen molar-refractivity contribution >= 4 is 17.1 Å². The molecule has 0 bridgehead atoms. The Morgan fingerprint density at radius 1 is 0.881 bits per heavy atom. The van der Waals surface area contributed by atoms with Crippen LogP contribution < -0.4 is 14.8 Å². The number of nitrogens with zero attached hydrogens (tertiary/aromatic N) is 1. The fourth-order valence-corrected chi connectivity index (χ4v) is 4.67. The molecule has 42 heavy (non-hydrogen) atoms. The molecule has 13 heteroatoms. The Hall–Kier alpha value is -4.16. The Labute approximate surface area is 235 Å². The van der Waals surface area contributed by atoms with Gasteiger partial charge in [-0.15, -0.1) is 0 Å². The third-order valence-corrected chi connectivity index (χ3v) is 6.72. The summed E-state index contributed by atoms with van der Waals surface area (Å²) < 4.78 is 125. The second-order valence-corrected chi connectivity index (χ2v) is 9.57. The van der Waals surface area contributed by atoms with Gasteiger partial charge in [-0.3, -0.25) is 4.79 Å². The zero-order valence-electron chi connectivity index (χ0n) is 22.2. The third kappa shape index (κ3) is 5.77. The van der Waals surface area contributed by atoms with E-state index >= 15 is 8.78 Å². The lowest BCUT2D eigenvalue weighted by atomic mass is 9.72. The molecule has 1 aliphatic heterocycles. The first-order chi connectivity index (χ1) is 19.6. The SMILES string of the molecule is COc1ccc(C2=C(c3ccc(C)cc3)C(F)(F)C(c3ccc(OCCCC(F)(F)F)cc3)(C(F)(F)F)NC2=O)cn1. The van der Waals surface area contributed by atoms with Crippen molar-refractivity contribution in [2.45, 2.75) is 43.6 Å². The van der Waals surface area contributed by atoms with Crippen molar-refractivity contribution in [3.63, 3.8) is 0 Å². The minimum Gasteiger partial charge on any atom is -0.494 e. The van der Waals surface area contributed by atoms with E-state index in [2.05, 4.69) is 4.98 Å². The van der Waals surface area contributed by atoms with Gasteiger partial charge in [-0.25, -0.2) is 4.98 Å². The van der Waals surface area contributed by atoms with Crippen molar-refractivity contribution in [2.24, 2.45) is 0 Å². The molecule has 0 fully saturated rings. The Kier molecular flexibility index (Phi) is 8.25. The number of alkyl halides is 8. The number of hydrogen-bond acceptors (Lipinski definition) is 4. The molecule has 0 radical (unpaired) electrons. The van der Waals surface area contributed by atoms with Gasteiger partial charge in [0.15, 0.2) is 0 Å². The van der Waals surface area contributed by atoms with E-state index in [0.29, 0.717) is 17.7 Å². The number of amides is 1. The van der Waals surface area contributed by atoms with E-state index in [4.69, 9.17) is 9.47 Å². The number of benzene rings is 2. The van der Waals surface area contributed by atoms with E-state index < -0.39 is 65.9 Å². The summed E-state index contributed by atoms with van der Waals surface area (Å²) in [7, 11) is 1.30. The summed E-state index contributed by atoms with van der Waals surface area (Å²) in [5.74, 6) is -6.25. The second-order valence-electron chi connectivity index (χ2n) is 9.57. The Morgan fingerprint density at radius 2 is 1.50 bits per heavy atom. The Bertz CT molecular complexity index is 1450. The van der Waals surface area contributed by atoms with Gasteiger partial charge in [0.05, 0.1) is 19.3 Å². The van der Waals surface area contributed by atoms with Crippen LogP contribution in [0.2, 0.25) is 0 Å². The molecule has 1 unspecified atom stereocenters. The van der Waals surface area contributed by atoms with Crippen molar-refractivity contribution < 1.29 is 49.4 Å². The van der Waals surface area contributed by atoms with E-state index in [-0.39, 0.29) is 22.8 Å². The predicted octanol–water partition coefficient (Wildman–Crippen LogP) is 7.25. The van der Waals surface area contributed by atoms with Gasteiger partial charge in [0, 0.05) is 29.8 Å². The monoisotopic (exact) mass is 600 g/mol. The van der Waals surface area contributed by atoms with Gasteiger partial charge in [0.25, 0.3) is 5.91 Å². The van der Waals surface area contributed by atoms with Crippen LogP contribution in [0.15, 0.2) is 66.9 Å². The summed E-state index contributed by atoms with van der Waals surface area (Å²) in [6.07, 6.45) is -10.6. The van der Waals surface area contributed by atoms with Crippen molar-refractivity contribution in [3.05, 3.63) is 89.1 Å². The Balaban J connectivity index is 1.86. The van der Waals surface area contributed by atoms with Crippen LogP contribution in [0.3, 0.4) is 0 Å². The molecule has 1 aromatic heterocycles. The van der Waals surface area contributed by atoms with Gasteiger partial charge in [-0.2, -0.15) is 35.1 Å². The quantitative estimate of drug-likeness (QED) is 0.219. The molecule has 4 rings (SSSR count). The van der Waals surface area contributed by atoms with E-state index in [0.717, 1.165) is 18.3 Å². The third-order valence-electron chi connectivity index (χ3n) is 6.72. The normalized spacial score (nSPS) is 19.0. The molecule has 224 valence electrons. The molecule has 0 saturated carbocycles. The molecule has 2 aromatic carbocycles. The average Bonchev–Trinajstić information content (AvgIpc) is 2.92. The smallest absolute Gasteiger partial charge is 0.422 e. The van der Waals surface area contributed by atoms with Crippen LogP contribution in [-0.4, -0.2) is 42.9 Å². The molecule has 2 heterocycles. The number of halogens is 8. The molecular weight excluding hydrogens is 576 g/mol. The largest absolute Gasteiger partial charge is 0.494 e. The van der Waals surface area contributed by atoms with Crippen LogP contribution in [0.1, 0.15) is 35.1 Å². The van der Waals surface area contributed by atoms with E-state index in [1.165, 1.54) is 43.5 Å². The minimum atomic E-state index is -5.72. The molecular formula is C29H24F8N2O3. The first kappa shape index (κ1) is 30.8. The molecule has 1 N–H and O–H groups in total. The maximum Gasteiger partial charge on any atom is 0.422 e. The van der Waals surface area contributed by atoms with Crippen LogP contribution in [0, 0.1) is 6.92 Å². The van der Waals surface area contributed by atoms with Crippen molar-refractivity contribution in [2.75, 3.05) is 13.7 Å². The first-order valence-corrected chi connectivity index (χ1v) is 12.5. The summed E-state index contributed by atoms with van der Waals surface area (Å²) in [6, 6.07) is 11.0. The van der Waals surface area contributed by atoms with Crippen LogP contribution in [-0.2, 0) is 10.3 Å². The zero-order chi connectivity index (χ0) is 30.9. The number of rotatable bonds is 8. The lowest BCUT2D eigenvalue weighted by molar-refractivity contribution is -0.254. The standard InChI is InChI=1S/C29H24F8N2O3/c1-17-4-6-18(7-5-17)24-23(19-8-13-22(41-2)38-16-19)25(40)39-27(28(24,33)34,29(35,36)37)20-9-11-21(12-10-20)42-15-3-14-26(30,31)32/h4-13,16H,3,14-15H2,1-2H3,(H,39,40). The van der Waals surface area contributed by atoms with E-state index in [1.54, 1.807) is 12.2 Å². The molecule has 0 saturated heterocycles. The summed E-state index contributed by atoms with van der Waals surface area (Å²) in [6.45, 7) is 1.25. The Morgan fingerprint density at radius 3 is 2.02 bits per heavy atom. The molecule has 1 aliphatic rings.